The van der Waals surface area contributed by atoms with Crippen LogP contribution in [0.2, 0.25) is 10.0 Å². The summed E-state index contributed by atoms with van der Waals surface area (Å²) in [5.74, 6) is 0.105. The second-order valence-corrected chi connectivity index (χ2v) is 7.09. The highest BCUT2D eigenvalue weighted by Gasteiger charge is 2.10. The van der Waals surface area contributed by atoms with E-state index < -0.39 is 0 Å². The van der Waals surface area contributed by atoms with Crippen LogP contribution in [-0.4, -0.2) is 6.21 Å². The first-order valence-electron chi connectivity index (χ1n) is 8.40. The van der Waals surface area contributed by atoms with Gasteiger partial charge in [-0.25, -0.2) is 4.39 Å². The number of halogens is 3. The van der Waals surface area contributed by atoms with Gasteiger partial charge in [0.25, 0.3) is 0 Å². The zero-order valence-corrected chi connectivity index (χ0v) is 16.5. The summed E-state index contributed by atoms with van der Waals surface area (Å²) in [4.78, 5) is 4.53. The fourth-order valence-corrected chi connectivity index (χ4v) is 3.14. The summed E-state index contributed by atoms with van der Waals surface area (Å²) in [5, 5.41) is 0.791. The predicted molar refractivity (Wildman–Crippen MR) is 110 cm³/mol. The summed E-state index contributed by atoms with van der Waals surface area (Å²) in [6, 6.07) is 15.7. The Morgan fingerprint density at radius 2 is 1.63 bits per heavy atom. The summed E-state index contributed by atoms with van der Waals surface area (Å²) < 4.78 is 18.7. The van der Waals surface area contributed by atoms with Gasteiger partial charge in [-0.2, -0.15) is 0 Å². The molecule has 0 atom stereocenters. The van der Waals surface area contributed by atoms with Gasteiger partial charge in [-0.3, -0.25) is 4.99 Å². The average molecular weight is 402 g/mol. The second kappa shape index (κ2) is 8.55. The minimum atomic E-state index is -0.290. The Kier molecular flexibility index (Phi) is 6.15. The quantitative estimate of drug-likeness (QED) is 0.418. The highest BCUT2D eigenvalue weighted by molar-refractivity contribution is 6.37. The van der Waals surface area contributed by atoms with E-state index in [9.17, 15) is 4.39 Å². The monoisotopic (exact) mass is 401 g/mol. The lowest BCUT2D eigenvalue weighted by Crippen LogP contribution is -1.97. The molecule has 0 heterocycles. The van der Waals surface area contributed by atoms with Gasteiger partial charge in [0.1, 0.15) is 12.4 Å². The van der Waals surface area contributed by atoms with Gasteiger partial charge in [0.15, 0.2) is 5.75 Å². The zero-order chi connectivity index (χ0) is 19.4. The summed E-state index contributed by atoms with van der Waals surface area (Å²) in [6.07, 6.45) is 1.73. The van der Waals surface area contributed by atoms with Gasteiger partial charge in [0.2, 0.25) is 0 Å². The van der Waals surface area contributed by atoms with Crippen molar-refractivity contribution in [3.63, 3.8) is 0 Å². The Hall–Kier alpha value is -2.36. The van der Waals surface area contributed by atoms with Crippen LogP contribution in [0, 0.1) is 19.7 Å². The van der Waals surface area contributed by atoms with Crippen molar-refractivity contribution < 1.29 is 9.13 Å². The lowest BCUT2D eigenvalue weighted by molar-refractivity contribution is 0.306. The molecular formula is C22H18Cl2FNO. The standard InChI is InChI=1S/C22H18Cl2FNO/c1-14-3-4-15(2)21(9-14)26-12-17-10-19(23)22(20(24)11-17)27-13-16-5-7-18(25)8-6-16/h3-12H,13H2,1-2H3. The molecule has 27 heavy (non-hydrogen) atoms. The zero-order valence-electron chi connectivity index (χ0n) is 15.0. The highest BCUT2D eigenvalue weighted by atomic mass is 35.5. The number of hydrogen-bond acceptors (Lipinski definition) is 2. The summed E-state index contributed by atoms with van der Waals surface area (Å²) in [7, 11) is 0. The smallest absolute Gasteiger partial charge is 0.157 e. The molecule has 0 saturated heterocycles. The predicted octanol–water partition coefficient (Wildman–Crippen LogP) is 7.08. The van der Waals surface area contributed by atoms with E-state index in [-0.39, 0.29) is 12.4 Å². The van der Waals surface area contributed by atoms with E-state index in [1.807, 2.05) is 26.0 Å². The Morgan fingerprint density at radius 1 is 0.963 bits per heavy atom. The average Bonchev–Trinajstić information content (AvgIpc) is 2.63. The van der Waals surface area contributed by atoms with Gasteiger partial charge in [-0.1, -0.05) is 47.5 Å². The molecule has 0 N–H and O–H groups in total. The Balaban J connectivity index is 1.77. The molecule has 138 valence electrons. The van der Waals surface area contributed by atoms with Crippen LogP contribution in [0.4, 0.5) is 10.1 Å². The summed E-state index contributed by atoms with van der Waals surface area (Å²) in [6.45, 7) is 4.29. The number of aliphatic imine (C=N–C) groups is 1. The van der Waals surface area contributed by atoms with Crippen LogP contribution < -0.4 is 4.74 Å². The Labute approximate surface area is 168 Å². The molecule has 0 aliphatic heterocycles. The first-order valence-corrected chi connectivity index (χ1v) is 9.15. The van der Waals surface area contributed by atoms with Crippen LogP contribution in [0.1, 0.15) is 22.3 Å². The maximum absolute atomic E-state index is 13.0. The molecule has 2 nitrogen and oxygen atoms in total. The Bertz CT molecular complexity index is 961. The van der Waals surface area contributed by atoms with Crippen LogP contribution in [0.3, 0.4) is 0 Å². The van der Waals surface area contributed by atoms with Gasteiger partial charge in [-0.05, 0) is 66.4 Å². The maximum Gasteiger partial charge on any atom is 0.157 e. The molecule has 3 aromatic rings. The molecule has 0 aromatic heterocycles. The van der Waals surface area contributed by atoms with Gasteiger partial charge in [0, 0.05) is 6.21 Å². The van der Waals surface area contributed by atoms with Crippen LogP contribution in [0.25, 0.3) is 0 Å². The molecule has 5 heteroatoms. The molecule has 0 bridgehead atoms. The van der Waals surface area contributed by atoms with Crippen molar-refractivity contribution in [2.75, 3.05) is 0 Å². The van der Waals surface area contributed by atoms with E-state index in [1.54, 1.807) is 30.5 Å². The minimum Gasteiger partial charge on any atom is -0.486 e. The minimum absolute atomic E-state index is 0.246. The maximum atomic E-state index is 13.0. The molecule has 3 rings (SSSR count). The lowest BCUT2D eigenvalue weighted by atomic mass is 10.1. The summed E-state index contributed by atoms with van der Waals surface area (Å²) in [5.41, 5.74) is 4.74. The third-order valence-electron chi connectivity index (χ3n) is 4.03. The van der Waals surface area contributed by atoms with Gasteiger partial charge in [-0.15, -0.1) is 0 Å². The van der Waals surface area contributed by atoms with Crippen molar-refractivity contribution in [2.45, 2.75) is 20.5 Å². The molecule has 0 amide bonds. The molecule has 0 radical (unpaired) electrons. The fraction of sp³-hybridized carbons (Fsp3) is 0.136. The first kappa shape index (κ1) is 19.4. The number of hydrogen-bond donors (Lipinski definition) is 0. The van der Waals surface area contributed by atoms with E-state index in [0.717, 1.165) is 27.9 Å². The molecular weight excluding hydrogens is 384 g/mol. The molecule has 0 aliphatic rings. The van der Waals surface area contributed by atoms with E-state index >= 15 is 0 Å². The number of rotatable bonds is 5. The SMILES string of the molecule is Cc1ccc(C)c(N=Cc2cc(Cl)c(OCc3ccc(F)cc3)c(Cl)c2)c1. The third-order valence-corrected chi connectivity index (χ3v) is 4.60. The molecule has 0 unspecified atom stereocenters. The van der Waals surface area contributed by atoms with Crippen molar-refractivity contribution in [3.8, 4) is 5.75 Å². The van der Waals surface area contributed by atoms with Gasteiger partial charge in [0.05, 0.1) is 15.7 Å². The van der Waals surface area contributed by atoms with E-state index in [1.165, 1.54) is 12.1 Å². The number of aryl methyl sites for hydroxylation is 2. The van der Waals surface area contributed by atoms with Crippen LogP contribution in [0.15, 0.2) is 59.6 Å². The molecule has 0 spiro atoms. The topological polar surface area (TPSA) is 21.6 Å². The van der Waals surface area contributed by atoms with Crippen LogP contribution in [-0.2, 0) is 6.61 Å². The van der Waals surface area contributed by atoms with Gasteiger partial charge < -0.3 is 4.74 Å². The fourth-order valence-electron chi connectivity index (χ4n) is 2.53. The van der Waals surface area contributed by atoms with E-state index in [2.05, 4.69) is 11.1 Å². The van der Waals surface area contributed by atoms with Crippen molar-refractivity contribution in [2.24, 2.45) is 4.99 Å². The first-order chi connectivity index (χ1) is 12.9. The summed E-state index contributed by atoms with van der Waals surface area (Å²) >= 11 is 12.7. The third kappa shape index (κ3) is 5.09. The Morgan fingerprint density at radius 3 is 2.30 bits per heavy atom. The van der Waals surface area contributed by atoms with E-state index in [4.69, 9.17) is 27.9 Å². The second-order valence-electron chi connectivity index (χ2n) is 6.28. The van der Waals surface area contributed by atoms with Crippen LogP contribution >= 0.6 is 23.2 Å². The molecule has 0 fully saturated rings. The lowest BCUT2D eigenvalue weighted by Gasteiger charge is -2.11. The molecule has 3 aromatic carbocycles. The number of ether oxygens (including phenoxy) is 1. The van der Waals surface area contributed by atoms with Crippen molar-refractivity contribution in [1.82, 2.24) is 0 Å². The number of benzene rings is 3. The van der Waals surface area contributed by atoms with Crippen molar-refractivity contribution in [1.29, 1.82) is 0 Å². The largest absolute Gasteiger partial charge is 0.486 e. The number of nitrogens with zero attached hydrogens (tertiary/aromatic N) is 1. The van der Waals surface area contributed by atoms with Crippen LogP contribution in [0.5, 0.6) is 5.75 Å². The van der Waals surface area contributed by atoms with Crippen molar-refractivity contribution in [3.05, 3.63) is 92.7 Å². The van der Waals surface area contributed by atoms with Crippen molar-refractivity contribution >= 4 is 35.1 Å². The van der Waals surface area contributed by atoms with E-state index in [0.29, 0.717) is 15.8 Å². The molecule has 0 saturated carbocycles. The van der Waals surface area contributed by atoms with Gasteiger partial charge >= 0.3 is 0 Å². The normalized spacial score (nSPS) is 11.1. The highest BCUT2D eigenvalue weighted by Crippen LogP contribution is 2.34. The molecule has 0 aliphatic carbocycles.